The van der Waals surface area contributed by atoms with E-state index in [1.165, 1.54) is 6.92 Å². The Kier molecular flexibility index (Phi) is 4.57. The predicted molar refractivity (Wildman–Crippen MR) is 61.1 cm³/mol. The van der Waals surface area contributed by atoms with Crippen molar-refractivity contribution >= 4 is 23.1 Å². The maximum absolute atomic E-state index is 11.2. The normalized spacial score (nSPS) is 10.4. The molecule has 0 atom stereocenters. The summed E-state index contributed by atoms with van der Waals surface area (Å²) in [7, 11) is 0. The Morgan fingerprint density at radius 1 is 1.44 bits per heavy atom. The van der Waals surface area contributed by atoms with Gasteiger partial charge in [-0.2, -0.15) is 0 Å². The van der Waals surface area contributed by atoms with Crippen molar-refractivity contribution in [3.8, 4) is 0 Å². The van der Waals surface area contributed by atoms with Gasteiger partial charge in [-0.3, -0.25) is 4.79 Å². The van der Waals surface area contributed by atoms with Gasteiger partial charge in [-0.25, -0.2) is 9.78 Å². The molecule has 88 valence electrons. The van der Waals surface area contributed by atoms with E-state index in [-0.39, 0.29) is 16.4 Å². The Morgan fingerprint density at radius 3 is 2.56 bits per heavy atom. The summed E-state index contributed by atoms with van der Waals surface area (Å²) in [6.45, 7) is 1.96. The number of carboxylic acids is 1. The Balaban J connectivity index is 2.84. The molecular weight excluding hydrogens is 228 g/mol. The van der Waals surface area contributed by atoms with Crippen molar-refractivity contribution in [1.82, 2.24) is 4.98 Å². The number of carboxylic acid groups (broad SMARTS) is 1. The monoisotopic (exact) mass is 242 g/mol. The summed E-state index contributed by atoms with van der Waals surface area (Å²) in [5.41, 5.74) is 5.23. The number of carbonyl (C=O) groups excluding carboxylic acids is 1. The highest BCUT2D eigenvalue weighted by Gasteiger charge is 2.19. The number of rotatable bonds is 6. The average Bonchev–Trinajstić information content (AvgIpc) is 2.62. The van der Waals surface area contributed by atoms with Crippen molar-refractivity contribution in [2.45, 2.75) is 26.2 Å². The SMILES string of the molecule is CC(=O)c1sc(CCCCN)nc1C(=O)O. The predicted octanol–water partition coefficient (Wildman–Crippen LogP) is 1.33. The molecule has 1 aromatic heterocycles. The Bertz CT molecular complexity index is 369. The molecule has 0 radical (unpaired) electrons. The molecule has 3 N–H and O–H groups in total. The van der Waals surface area contributed by atoms with Crippen LogP contribution in [0.2, 0.25) is 0 Å². The molecule has 1 aromatic rings. The van der Waals surface area contributed by atoms with Crippen molar-refractivity contribution in [2.75, 3.05) is 6.54 Å². The molecular formula is C10H14N2O3S. The van der Waals surface area contributed by atoms with Gasteiger partial charge in [-0.1, -0.05) is 0 Å². The van der Waals surface area contributed by atoms with Crippen LogP contribution >= 0.6 is 11.3 Å². The molecule has 0 bridgehead atoms. The zero-order valence-electron chi connectivity index (χ0n) is 9.02. The molecule has 0 unspecified atom stereocenters. The molecule has 0 aliphatic heterocycles. The molecule has 0 saturated heterocycles. The number of hydrogen-bond acceptors (Lipinski definition) is 5. The number of nitrogens with zero attached hydrogens (tertiary/aromatic N) is 1. The largest absolute Gasteiger partial charge is 0.476 e. The standard InChI is InChI=1S/C10H14N2O3S/c1-6(13)9-8(10(14)15)12-7(16-9)4-2-3-5-11/h2-5,11H2,1H3,(H,14,15). The van der Waals surface area contributed by atoms with Crippen LogP contribution in [0, 0.1) is 0 Å². The molecule has 6 heteroatoms. The van der Waals surface area contributed by atoms with Gasteiger partial charge in [0, 0.05) is 6.92 Å². The third-order valence-electron chi connectivity index (χ3n) is 2.04. The van der Waals surface area contributed by atoms with Gasteiger partial charge in [0.15, 0.2) is 11.5 Å². The molecule has 0 aliphatic rings. The first-order chi connectivity index (χ1) is 7.56. The maximum atomic E-state index is 11.2. The summed E-state index contributed by atoms with van der Waals surface area (Å²) < 4.78 is 0. The van der Waals surface area contributed by atoms with Gasteiger partial charge in [0.1, 0.15) is 4.88 Å². The second-order valence-electron chi connectivity index (χ2n) is 3.39. The van der Waals surface area contributed by atoms with Gasteiger partial charge < -0.3 is 10.8 Å². The van der Waals surface area contributed by atoms with E-state index < -0.39 is 5.97 Å². The summed E-state index contributed by atoms with van der Waals surface area (Å²) in [6.07, 6.45) is 2.41. The highest BCUT2D eigenvalue weighted by Crippen LogP contribution is 2.20. The van der Waals surface area contributed by atoms with Crippen molar-refractivity contribution in [3.63, 3.8) is 0 Å². The number of Topliss-reactive ketones (excluding diaryl/α,β-unsaturated/α-hetero) is 1. The van der Waals surface area contributed by atoms with E-state index in [1.54, 1.807) is 0 Å². The smallest absolute Gasteiger partial charge is 0.356 e. The molecule has 0 aliphatic carbocycles. The molecule has 1 heterocycles. The van der Waals surface area contributed by atoms with Crippen LogP contribution in [0.4, 0.5) is 0 Å². The summed E-state index contributed by atoms with van der Waals surface area (Å²) in [5.74, 6) is -1.40. The van der Waals surface area contributed by atoms with E-state index in [4.69, 9.17) is 10.8 Å². The highest BCUT2D eigenvalue weighted by atomic mass is 32.1. The molecule has 0 fully saturated rings. The maximum Gasteiger partial charge on any atom is 0.356 e. The van der Waals surface area contributed by atoms with Gasteiger partial charge in [0.05, 0.1) is 5.01 Å². The average molecular weight is 242 g/mol. The second kappa shape index (κ2) is 5.72. The number of aryl methyl sites for hydroxylation is 1. The lowest BCUT2D eigenvalue weighted by Gasteiger charge is -1.93. The van der Waals surface area contributed by atoms with E-state index in [1.807, 2.05) is 0 Å². The highest BCUT2D eigenvalue weighted by molar-refractivity contribution is 7.14. The fraction of sp³-hybridized carbons (Fsp3) is 0.500. The number of aromatic carboxylic acids is 1. The molecule has 5 nitrogen and oxygen atoms in total. The van der Waals surface area contributed by atoms with Gasteiger partial charge in [0.25, 0.3) is 0 Å². The molecule has 0 aromatic carbocycles. The van der Waals surface area contributed by atoms with Crippen LogP contribution in [-0.4, -0.2) is 28.4 Å². The summed E-state index contributed by atoms with van der Waals surface area (Å²) in [6, 6.07) is 0. The van der Waals surface area contributed by atoms with Gasteiger partial charge in [-0.05, 0) is 25.8 Å². The number of carbonyl (C=O) groups is 2. The Labute approximate surface area is 97.3 Å². The summed E-state index contributed by atoms with van der Waals surface area (Å²) in [4.78, 5) is 26.2. The van der Waals surface area contributed by atoms with E-state index in [9.17, 15) is 9.59 Å². The van der Waals surface area contributed by atoms with Crippen molar-refractivity contribution in [1.29, 1.82) is 0 Å². The fourth-order valence-corrected chi connectivity index (χ4v) is 2.27. The van der Waals surface area contributed by atoms with Crippen LogP contribution in [0.5, 0.6) is 0 Å². The second-order valence-corrected chi connectivity index (χ2v) is 4.48. The molecule has 0 spiro atoms. The number of nitrogens with two attached hydrogens (primary N) is 1. The number of unbranched alkanes of at least 4 members (excludes halogenated alkanes) is 1. The van der Waals surface area contributed by atoms with Gasteiger partial charge >= 0.3 is 5.97 Å². The lowest BCUT2D eigenvalue weighted by molar-refractivity contribution is 0.0687. The molecule has 1 rings (SSSR count). The topological polar surface area (TPSA) is 93.3 Å². The summed E-state index contributed by atoms with van der Waals surface area (Å²) in [5, 5.41) is 9.56. The first-order valence-electron chi connectivity index (χ1n) is 5.00. The quantitative estimate of drug-likeness (QED) is 0.579. The molecule has 0 amide bonds. The minimum atomic E-state index is -1.15. The summed E-state index contributed by atoms with van der Waals surface area (Å²) >= 11 is 1.16. The zero-order chi connectivity index (χ0) is 12.1. The van der Waals surface area contributed by atoms with E-state index >= 15 is 0 Å². The number of thiazole rings is 1. The Hall–Kier alpha value is -1.27. The first kappa shape index (κ1) is 12.8. The zero-order valence-corrected chi connectivity index (χ0v) is 9.84. The van der Waals surface area contributed by atoms with Crippen molar-refractivity contribution in [3.05, 3.63) is 15.6 Å². The fourth-order valence-electron chi connectivity index (χ4n) is 1.28. The third kappa shape index (κ3) is 3.11. The third-order valence-corrected chi connectivity index (χ3v) is 3.25. The number of hydrogen-bond donors (Lipinski definition) is 2. The minimum absolute atomic E-state index is 0.125. The minimum Gasteiger partial charge on any atom is -0.476 e. The van der Waals surface area contributed by atoms with Crippen LogP contribution in [0.1, 0.15) is 44.9 Å². The van der Waals surface area contributed by atoms with Crippen LogP contribution in [-0.2, 0) is 6.42 Å². The van der Waals surface area contributed by atoms with Gasteiger partial charge in [0.2, 0.25) is 0 Å². The number of ketones is 1. The van der Waals surface area contributed by atoms with E-state index in [0.717, 1.165) is 24.2 Å². The van der Waals surface area contributed by atoms with E-state index in [0.29, 0.717) is 18.0 Å². The first-order valence-corrected chi connectivity index (χ1v) is 5.82. The molecule has 16 heavy (non-hydrogen) atoms. The molecule has 0 saturated carbocycles. The number of aromatic nitrogens is 1. The van der Waals surface area contributed by atoms with E-state index in [2.05, 4.69) is 4.98 Å². The van der Waals surface area contributed by atoms with Crippen LogP contribution in [0.3, 0.4) is 0 Å². The Morgan fingerprint density at radius 2 is 2.12 bits per heavy atom. The van der Waals surface area contributed by atoms with Gasteiger partial charge in [-0.15, -0.1) is 11.3 Å². The lowest BCUT2D eigenvalue weighted by Crippen LogP contribution is -2.04. The van der Waals surface area contributed by atoms with Crippen molar-refractivity contribution < 1.29 is 14.7 Å². The van der Waals surface area contributed by atoms with Crippen molar-refractivity contribution in [2.24, 2.45) is 5.73 Å². The van der Waals surface area contributed by atoms with Crippen LogP contribution in [0.25, 0.3) is 0 Å². The van der Waals surface area contributed by atoms with Crippen LogP contribution in [0.15, 0.2) is 0 Å². The lowest BCUT2D eigenvalue weighted by atomic mass is 10.2. The van der Waals surface area contributed by atoms with Crippen LogP contribution < -0.4 is 5.73 Å².